The number of hydrogen-bond donors (Lipinski definition) is 1. The first-order valence-electron chi connectivity index (χ1n) is 3.61. The molecule has 0 aliphatic heterocycles. The Kier molecular flexibility index (Phi) is 1.84. The Morgan fingerprint density at radius 2 is 2.25 bits per heavy atom. The molecular formula is C9H7ClN2. The Hall–Kier alpha value is -1.28. The van der Waals surface area contributed by atoms with Crippen LogP contribution in [0.15, 0.2) is 36.7 Å². The van der Waals surface area contributed by atoms with Gasteiger partial charge in [-0.05, 0) is 24.3 Å². The summed E-state index contributed by atoms with van der Waals surface area (Å²) in [5, 5.41) is 0.703. The molecule has 0 atom stereocenters. The summed E-state index contributed by atoms with van der Waals surface area (Å²) in [4.78, 5) is 7.23. The monoisotopic (exact) mass is 178 g/mol. The predicted molar refractivity (Wildman–Crippen MR) is 49.0 cm³/mol. The summed E-state index contributed by atoms with van der Waals surface area (Å²) >= 11 is 5.81. The van der Waals surface area contributed by atoms with E-state index in [-0.39, 0.29) is 0 Å². The largest absolute Gasteiger partial charge is 0.360 e. The topological polar surface area (TPSA) is 28.7 Å². The molecule has 60 valence electrons. The van der Waals surface area contributed by atoms with Gasteiger partial charge < -0.3 is 4.98 Å². The Morgan fingerprint density at radius 1 is 1.33 bits per heavy atom. The fourth-order valence-electron chi connectivity index (χ4n) is 1.04. The number of H-pyrrole nitrogens is 1. The van der Waals surface area contributed by atoms with Crippen molar-refractivity contribution < 1.29 is 0 Å². The summed E-state index contributed by atoms with van der Waals surface area (Å²) in [5.41, 5.74) is 1.85. The number of pyridine rings is 1. The van der Waals surface area contributed by atoms with Crippen molar-refractivity contribution in [2.45, 2.75) is 0 Å². The number of nitrogens with one attached hydrogen (secondary N) is 1. The second-order valence-electron chi connectivity index (χ2n) is 2.44. The lowest BCUT2D eigenvalue weighted by molar-refractivity contribution is 1.28. The number of halogens is 1. The van der Waals surface area contributed by atoms with Gasteiger partial charge in [0.1, 0.15) is 0 Å². The molecule has 0 aliphatic rings. The highest BCUT2D eigenvalue weighted by molar-refractivity contribution is 6.30. The summed E-state index contributed by atoms with van der Waals surface area (Å²) in [6.45, 7) is 0. The van der Waals surface area contributed by atoms with Crippen molar-refractivity contribution in [2.24, 2.45) is 0 Å². The number of rotatable bonds is 1. The fourth-order valence-corrected chi connectivity index (χ4v) is 1.20. The average molecular weight is 179 g/mol. The van der Waals surface area contributed by atoms with Crippen LogP contribution in [-0.4, -0.2) is 9.97 Å². The van der Waals surface area contributed by atoms with Crippen molar-refractivity contribution in [1.29, 1.82) is 0 Å². The van der Waals surface area contributed by atoms with Crippen molar-refractivity contribution in [2.75, 3.05) is 0 Å². The van der Waals surface area contributed by atoms with Crippen LogP contribution in [0.4, 0.5) is 0 Å². The number of aromatic nitrogens is 2. The number of nitrogens with zero attached hydrogens (tertiary/aromatic N) is 1. The standard InChI is InChI=1S/C9H7ClN2/c10-7-3-5-12-9(6-7)8-2-1-4-11-8/h1-6,11H. The molecule has 0 unspecified atom stereocenters. The molecule has 1 N–H and O–H groups in total. The van der Waals surface area contributed by atoms with Crippen LogP contribution in [-0.2, 0) is 0 Å². The van der Waals surface area contributed by atoms with Crippen molar-refractivity contribution in [3.05, 3.63) is 41.7 Å². The summed E-state index contributed by atoms with van der Waals surface area (Å²) < 4.78 is 0. The minimum absolute atomic E-state index is 0.703. The van der Waals surface area contributed by atoms with Gasteiger partial charge in [-0.15, -0.1) is 0 Å². The molecule has 0 spiro atoms. The van der Waals surface area contributed by atoms with E-state index in [0.717, 1.165) is 11.4 Å². The van der Waals surface area contributed by atoms with Gasteiger partial charge in [0.25, 0.3) is 0 Å². The lowest BCUT2D eigenvalue weighted by atomic mass is 10.3. The van der Waals surface area contributed by atoms with Crippen LogP contribution in [0.2, 0.25) is 5.02 Å². The van der Waals surface area contributed by atoms with Crippen LogP contribution in [0.25, 0.3) is 11.4 Å². The summed E-state index contributed by atoms with van der Waals surface area (Å²) in [6.07, 6.45) is 3.55. The first-order valence-corrected chi connectivity index (χ1v) is 3.99. The van der Waals surface area contributed by atoms with Gasteiger partial charge in [-0.3, -0.25) is 4.98 Å². The van der Waals surface area contributed by atoms with Gasteiger partial charge >= 0.3 is 0 Å². The minimum atomic E-state index is 0.703. The number of hydrogen-bond acceptors (Lipinski definition) is 1. The lowest BCUT2D eigenvalue weighted by Gasteiger charge is -1.95. The maximum absolute atomic E-state index is 5.81. The third-order valence-corrected chi connectivity index (χ3v) is 1.83. The molecule has 0 saturated carbocycles. The van der Waals surface area contributed by atoms with Crippen LogP contribution in [0.5, 0.6) is 0 Å². The maximum atomic E-state index is 5.81. The Morgan fingerprint density at radius 3 is 2.92 bits per heavy atom. The van der Waals surface area contributed by atoms with Gasteiger partial charge in [0, 0.05) is 17.4 Å². The van der Waals surface area contributed by atoms with E-state index in [4.69, 9.17) is 11.6 Å². The predicted octanol–water partition coefficient (Wildman–Crippen LogP) is 2.73. The number of aromatic amines is 1. The second-order valence-corrected chi connectivity index (χ2v) is 2.88. The minimum Gasteiger partial charge on any atom is -0.360 e. The molecular weight excluding hydrogens is 172 g/mol. The van der Waals surface area contributed by atoms with E-state index in [2.05, 4.69) is 9.97 Å². The zero-order chi connectivity index (χ0) is 8.39. The van der Waals surface area contributed by atoms with Crippen molar-refractivity contribution in [1.82, 2.24) is 9.97 Å². The zero-order valence-corrected chi connectivity index (χ0v) is 7.05. The summed E-state index contributed by atoms with van der Waals surface area (Å²) in [7, 11) is 0. The molecule has 0 aliphatic carbocycles. The van der Waals surface area contributed by atoms with E-state index in [9.17, 15) is 0 Å². The van der Waals surface area contributed by atoms with E-state index in [1.54, 1.807) is 12.3 Å². The van der Waals surface area contributed by atoms with E-state index in [1.165, 1.54) is 0 Å². The molecule has 2 nitrogen and oxygen atoms in total. The van der Waals surface area contributed by atoms with Crippen LogP contribution < -0.4 is 0 Å². The molecule has 2 aromatic rings. The first-order chi connectivity index (χ1) is 5.86. The second kappa shape index (κ2) is 2.99. The highest BCUT2D eigenvalue weighted by Gasteiger charge is 1.98. The van der Waals surface area contributed by atoms with Crippen molar-refractivity contribution >= 4 is 11.6 Å². The highest BCUT2D eigenvalue weighted by Crippen LogP contribution is 2.17. The molecule has 3 heteroatoms. The van der Waals surface area contributed by atoms with Crippen LogP contribution in [0.3, 0.4) is 0 Å². The van der Waals surface area contributed by atoms with Crippen LogP contribution in [0, 0.1) is 0 Å². The van der Waals surface area contributed by atoms with Crippen LogP contribution in [0.1, 0.15) is 0 Å². The normalized spacial score (nSPS) is 10.1. The molecule has 0 amide bonds. The molecule has 0 fully saturated rings. The van der Waals surface area contributed by atoms with Crippen molar-refractivity contribution in [3.63, 3.8) is 0 Å². The van der Waals surface area contributed by atoms with E-state index >= 15 is 0 Å². The summed E-state index contributed by atoms with van der Waals surface area (Å²) in [5.74, 6) is 0. The summed E-state index contributed by atoms with van der Waals surface area (Å²) in [6, 6.07) is 7.47. The van der Waals surface area contributed by atoms with Gasteiger partial charge in [-0.25, -0.2) is 0 Å². The molecule has 0 saturated heterocycles. The van der Waals surface area contributed by atoms with Gasteiger partial charge in [0.2, 0.25) is 0 Å². The quantitative estimate of drug-likeness (QED) is 0.715. The zero-order valence-electron chi connectivity index (χ0n) is 6.29. The Bertz CT molecular complexity index is 368. The molecule has 12 heavy (non-hydrogen) atoms. The molecule has 2 rings (SSSR count). The van der Waals surface area contributed by atoms with E-state index in [1.807, 2.05) is 24.4 Å². The van der Waals surface area contributed by atoms with Gasteiger partial charge in [0.15, 0.2) is 0 Å². The van der Waals surface area contributed by atoms with Crippen LogP contribution >= 0.6 is 11.6 Å². The van der Waals surface area contributed by atoms with Gasteiger partial charge in [-0.1, -0.05) is 11.6 Å². The third kappa shape index (κ3) is 1.34. The Labute approximate surface area is 75.2 Å². The molecule has 0 bridgehead atoms. The molecule has 2 aromatic heterocycles. The first kappa shape index (κ1) is 7.37. The SMILES string of the molecule is Clc1ccnc(-c2ccc[nH]2)c1. The van der Waals surface area contributed by atoms with Gasteiger partial charge in [-0.2, -0.15) is 0 Å². The highest BCUT2D eigenvalue weighted by atomic mass is 35.5. The molecule has 2 heterocycles. The van der Waals surface area contributed by atoms with Crippen molar-refractivity contribution in [3.8, 4) is 11.4 Å². The third-order valence-electron chi connectivity index (χ3n) is 1.60. The fraction of sp³-hybridized carbons (Fsp3) is 0. The van der Waals surface area contributed by atoms with E-state index < -0.39 is 0 Å². The average Bonchev–Trinajstić information content (AvgIpc) is 2.56. The Balaban J connectivity index is 2.48. The molecule has 0 aromatic carbocycles. The van der Waals surface area contributed by atoms with Gasteiger partial charge in [0.05, 0.1) is 11.4 Å². The lowest BCUT2D eigenvalue weighted by Crippen LogP contribution is -1.81. The maximum Gasteiger partial charge on any atom is 0.0879 e. The van der Waals surface area contributed by atoms with E-state index in [0.29, 0.717) is 5.02 Å². The smallest absolute Gasteiger partial charge is 0.0879 e. The molecule has 0 radical (unpaired) electrons.